The third kappa shape index (κ3) is 4.53. The van der Waals surface area contributed by atoms with Gasteiger partial charge in [0.2, 0.25) is 5.91 Å². The summed E-state index contributed by atoms with van der Waals surface area (Å²) in [5.41, 5.74) is 3.80. The molecule has 0 spiro atoms. The number of carbonyl (C=O) groups excluding carboxylic acids is 2. The molecular formula is C24H28N4O2. The second-order valence-corrected chi connectivity index (χ2v) is 7.94. The van der Waals surface area contributed by atoms with Crippen molar-refractivity contribution in [3.63, 3.8) is 0 Å². The van der Waals surface area contributed by atoms with Crippen molar-refractivity contribution in [2.75, 3.05) is 13.1 Å². The Hall–Kier alpha value is -3.15. The summed E-state index contributed by atoms with van der Waals surface area (Å²) in [6, 6.07) is 11.9. The van der Waals surface area contributed by atoms with Crippen LogP contribution in [0.2, 0.25) is 0 Å². The van der Waals surface area contributed by atoms with Gasteiger partial charge in [0.1, 0.15) is 5.65 Å². The Balaban J connectivity index is 1.30. The number of hydrogen-bond donors (Lipinski definition) is 1. The van der Waals surface area contributed by atoms with Gasteiger partial charge in [-0.3, -0.25) is 9.59 Å². The Bertz CT molecular complexity index is 1020. The third-order valence-corrected chi connectivity index (χ3v) is 5.87. The number of benzene rings is 1. The maximum Gasteiger partial charge on any atom is 0.251 e. The Kier molecular flexibility index (Phi) is 6.12. The van der Waals surface area contributed by atoms with Crippen LogP contribution in [-0.2, 0) is 11.3 Å². The van der Waals surface area contributed by atoms with Crippen molar-refractivity contribution in [3.8, 4) is 0 Å². The number of rotatable bonds is 6. The van der Waals surface area contributed by atoms with Gasteiger partial charge >= 0.3 is 0 Å². The van der Waals surface area contributed by atoms with Crippen LogP contribution in [0.25, 0.3) is 5.65 Å². The van der Waals surface area contributed by atoms with E-state index >= 15 is 0 Å². The van der Waals surface area contributed by atoms with Gasteiger partial charge in [-0.05, 0) is 60.6 Å². The molecule has 0 saturated carbocycles. The lowest BCUT2D eigenvalue weighted by Gasteiger charge is -2.32. The zero-order valence-corrected chi connectivity index (χ0v) is 17.4. The molecule has 1 aliphatic heterocycles. The molecule has 6 nitrogen and oxygen atoms in total. The van der Waals surface area contributed by atoms with E-state index in [1.165, 1.54) is 5.56 Å². The highest BCUT2D eigenvalue weighted by molar-refractivity contribution is 5.94. The lowest BCUT2D eigenvalue weighted by atomic mass is 9.89. The minimum Gasteiger partial charge on any atom is -0.348 e. The van der Waals surface area contributed by atoms with Crippen LogP contribution in [0.5, 0.6) is 0 Å². The Morgan fingerprint density at radius 1 is 1.10 bits per heavy atom. The van der Waals surface area contributed by atoms with E-state index in [1.807, 2.05) is 52.9 Å². The molecule has 2 amide bonds. The molecule has 1 N–H and O–H groups in total. The minimum absolute atomic E-state index is 0.0789. The number of imidazole rings is 1. The highest BCUT2D eigenvalue weighted by Crippen LogP contribution is 2.28. The first kappa shape index (κ1) is 20.1. The predicted molar refractivity (Wildman–Crippen MR) is 116 cm³/mol. The van der Waals surface area contributed by atoms with Crippen LogP contribution in [0.3, 0.4) is 0 Å². The standard InChI is InChI=1S/C24H28N4O2/c1-2-3-23(29)28-13-9-20(10-14-28)19-4-6-21(7-5-19)24(30)26-17-18-8-12-27-15-11-25-22(27)16-18/h4-8,11-12,15-16,20H,2-3,9-10,13-14,17H2,1H3,(H,26,30). The first-order valence-electron chi connectivity index (χ1n) is 10.7. The van der Waals surface area contributed by atoms with Crippen LogP contribution < -0.4 is 5.32 Å². The fourth-order valence-corrected chi connectivity index (χ4v) is 4.09. The molecule has 0 aliphatic carbocycles. The van der Waals surface area contributed by atoms with Crippen LogP contribution in [0.1, 0.15) is 60.0 Å². The molecule has 1 aromatic carbocycles. The summed E-state index contributed by atoms with van der Waals surface area (Å²) in [5.74, 6) is 0.647. The SMILES string of the molecule is CCCC(=O)N1CCC(c2ccc(C(=O)NCc3ccn4ccnc4c3)cc2)CC1. The van der Waals surface area contributed by atoms with E-state index in [4.69, 9.17) is 0 Å². The van der Waals surface area contributed by atoms with Crippen LogP contribution in [0.4, 0.5) is 0 Å². The van der Waals surface area contributed by atoms with Crippen molar-refractivity contribution >= 4 is 17.5 Å². The Morgan fingerprint density at radius 2 is 1.87 bits per heavy atom. The van der Waals surface area contributed by atoms with Crippen LogP contribution in [0, 0.1) is 0 Å². The molecule has 3 aromatic rings. The molecule has 6 heteroatoms. The topological polar surface area (TPSA) is 66.7 Å². The molecule has 0 radical (unpaired) electrons. The molecule has 1 aliphatic rings. The van der Waals surface area contributed by atoms with Crippen LogP contribution in [-0.4, -0.2) is 39.2 Å². The number of carbonyl (C=O) groups is 2. The van der Waals surface area contributed by atoms with Gasteiger partial charge in [-0.25, -0.2) is 4.98 Å². The first-order valence-corrected chi connectivity index (χ1v) is 10.7. The van der Waals surface area contributed by atoms with Gasteiger partial charge < -0.3 is 14.6 Å². The number of nitrogens with zero attached hydrogens (tertiary/aromatic N) is 3. The maximum atomic E-state index is 12.5. The summed E-state index contributed by atoms with van der Waals surface area (Å²) in [7, 11) is 0. The van der Waals surface area contributed by atoms with E-state index in [0.717, 1.165) is 43.6 Å². The number of likely N-dealkylation sites (tertiary alicyclic amines) is 1. The van der Waals surface area contributed by atoms with Crippen molar-refractivity contribution < 1.29 is 9.59 Å². The molecule has 156 valence electrons. The first-order chi connectivity index (χ1) is 14.6. The quantitative estimate of drug-likeness (QED) is 0.680. The monoisotopic (exact) mass is 404 g/mol. The fourth-order valence-electron chi connectivity index (χ4n) is 4.09. The predicted octanol–water partition coefficient (Wildman–Crippen LogP) is 3.77. The average Bonchev–Trinajstić information content (AvgIpc) is 3.26. The fraction of sp³-hybridized carbons (Fsp3) is 0.375. The second-order valence-electron chi connectivity index (χ2n) is 7.94. The molecular weight excluding hydrogens is 376 g/mol. The molecule has 0 bridgehead atoms. The van der Waals surface area contributed by atoms with E-state index in [2.05, 4.69) is 22.4 Å². The average molecular weight is 405 g/mol. The van der Waals surface area contributed by atoms with Gasteiger partial charge in [0, 0.05) is 50.2 Å². The molecule has 4 rings (SSSR count). The molecule has 30 heavy (non-hydrogen) atoms. The van der Waals surface area contributed by atoms with Gasteiger partial charge in [0.05, 0.1) is 0 Å². The van der Waals surface area contributed by atoms with Crippen molar-refractivity contribution in [2.24, 2.45) is 0 Å². The van der Waals surface area contributed by atoms with Crippen LogP contribution in [0.15, 0.2) is 55.0 Å². The lowest BCUT2D eigenvalue weighted by molar-refractivity contribution is -0.132. The zero-order valence-electron chi connectivity index (χ0n) is 17.4. The van der Waals surface area contributed by atoms with Gasteiger partial charge in [-0.2, -0.15) is 0 Å². The number of amides is 2. The minimum atomic E-state index is -0.0789. The highest BCUT2D eigenvalue weighted by atomic mass is 16.2. The molecule has 1 fully saturated rings. The van der Waals surface area contributed by atoms with E-state index in [9.17, 15) is 9.59 Å². The van der Waals surface area contributed by atoms with Gasteiger partial charge in [0.25, 0.3) is 5.91 Å². The van der Waals surface area contributed by atoms with E-state index in [1.54, 1.807) is 6.20 Å². The molecule has 0 unspecified atom stereocenters. The normalized spacial score (nSPS) is 14.8. The maximum absolute atomic E-state index is 12.5. The smallest absolute Gasteiger partial charge is 0.251 e. The molecule has 1 saturated heterocycles. The Morgan fingerprint density at radius 3 is 2.60 bits per heavy atom. The highest BCUT2D eigenvalue weighted by Gasteiger charge is 2.23. The van der Waals surface area contributed by atoms with Gasteiger partial charge in [-0.1, -0.05) is 19.1 Å². The van der Waals surface area contributed by atoms with E-state index < -0.39 is 0 Å². The lowest BCUT2D eigenvalue weighted by Crippen LogP contribution is -2.37. The van der Waals surface area contributed by atoms with Crippen molar-refractivity contribution in [1.29, 1.82) is 0 Å². The van der Waals surface area contributed by atoms with Crippen molar-refractivity contribution in [1.82, 2.24) is 19.6 Å². The number of nitrogens with one attached hydrogen (secondary N) is 1. The number of aromatic nitrogens is 2. The van der Waals surface area contributed by atoms with E-state index in [0.29, 0.717) is 24.4 Å². The largest absolute Gasteiger partial charge is 0.348 e. The molecule has 3 heterocycles. The Labute approximate surface area is 176 Å². The van der Waals surface area contributed by atoms with Crippen molar-refractivity contribution in [3.05, 3.63) is 71.7 Å². The number of hydrogen-bond acceptors (Lipinski definition) is 3. The van der Waals surface area contributed by atoms with Gasteiger partial charge in [-0.15, -0.1) is 0 Å². The summed E-state index contributed by atoms with van der Waals surface area (Å²) in [6.45, 7) is 4.16. The van der Waals surface area contributed by atoms with Gasteiger partial charge in [0.15, 0.2) is 0 Å². The third-order valence-electron chi connectivity index (χ3n) is 5.87. The summed E-state index contributed by atoms with van der Waals surface area (Å²) in [4.78, 5) is 30.8. The number of piperidine rings is 1. The summed E-state index contributed by atoms with van der Waals surface area (Å²) >= 11 is 0. The summed E-state index contributed by atoms with van der Waals surface area (Å²) in [6.07, 6.45) is 9.11. The molecule has 2 aromatic heterocycles. The second kappa shape index (κ2) is 9.11. The molecule has 0 atom stereocenters. The number of fused-ring (bicyclic) bond motifs is 1. The summed E-state index contributed by atoms with van der Waals surface area (Å²) in [5, 5.41) is 2.98. The summed E-state index contributed by atoms with van der Waals surface area (Å²) < 4.78 is 1.94. The number of pyridine rings is 1. The van der Waals surface area contributed by atoms with Crippen molar-refractivity contribution in [2.45, 2.75) is 45.1 Å². The van der Waals surface area contributed by atoms with Crippen LogP contribution >= 0.6 is 0 Å². The zero-order chi connectivity index (χ0) is 20.9. The van der Waals surface area contributed by atoms with E-state index in [-0.39, 0.29) is 11.8 Å².